The fourth-order valence-electron chi connectivity index (χ4n) is 2.16. The normalized spacial score (nSPS) is 11.7. The molecule has 0 aliphatic heterocycles. The quantitative estimate of drug-likeness (QED) is 0.694. The lowest BCUT2D eigenvalue weighted by Crippen LogP contribution is -2.26. The largest absolute Gasteiger partial charge is 0.321 e. The molecule has 0 radical (unpaired) electrons. The molecule has 0 atom stereocenters. The lowest BCUT2D eigenvalue weighted by Gasteiger charge is -2.11. The highest BCUT2D eigenvalue weighted by molar-refractivity contribution is 6.76. The number of hydrogen-bond donors (Lipinski definition) is 1. The molecule has 1 aromatic carbocycles. The van der Waals surface area contributed by atoms with E-state index in [1.165, 1.54) is 6.20 Å². The van der Waals surface area contributed by atoms with Crippen molar-refractivity contribution in [3.63, 3.8) is 0 Å². The number of para-hydroxylation sites is 1. The SMILES string of the molecule is Cc1nn(-c2ccccc2)c2ncc(NC(=O)C(Cl)(Cl)Cl)cc12. The molecule has 2 heterocycles. The predicted octanol–water partition coefficient (Wildman–Crippen LogP) is 4.04. The first-order chi connectivity index (χ1) is 10.9. The van der Waals surface area contributed by atoms with Gasteiger partial charge in [-0.25, -0.2) is 9.67 Å². The number of anilines is 1. The number of halogens is 3. The van der Waals surface area contributed by atoms with Crippen LogP contribution in [0.2, 0.25) is 0 Å². The maximum absolute atomic E-state index is 11.7. The number of carbonyl (C=O) groups is 1. The van der Waals surface area contributed by atoms with Crippen molar-refractivity contribution in [2.75, 3.05) is 5.32 Å². The molecule has 2 aromatic heterocycles. The van der Waals surface area contributed by atoms with Gasteiger partial charge >= 0.3 is 0 Å². The standard InChI is InChI=1S/C15H11Cl3N4O/c1-9-12-7-10(20-14(23)15(16,17)18)8-19-13(12)22(21-9)11-5-3-2-4-6-11/h2-8H,1H3,(H,20,23). The molecule has 0 saturated carbocycles. The fourth-order valence-corrected chi connectivity index (χ4v) is 2.31. The van der Waals surface area contributed by atoms with Crippen LogP contribution in [0.25, 0.3) is 16.7 Å². The molecule has 1 amide bonds. The Kier molecular flexibility index (Phi) is 4.19. The number of rotatable bonds is 2. The van der Waals surface area contributed by atoms with Crippen LogP contribution in [0.3, 0.4) is 0 Å². The number of hydrogen-bond acceptors (Lipinski definition) is 3. The number of alkyl halides is 3. The maximum atomic E-state index is 11.7. The summed E-state index contributed by atoms with van der Waals surface area (Å²) in [4.78, 5) is 16.1. The third-order valence-corrected chi connectivity index (χ3v) is 3.74. The van der Waals surface area contributed by atoms with E-state index in [4.69, 9.17) is 34.8 Å². The molecule has 1 N–H and O–H groups in total. The zero-order chi connectivity index (χ0) is 16.6. The second-order valence-corrected chi connectivity index (χ2v) is 7.16. The molecule has 0 unspecified atom stereocenters. The van der Waals surface area contributed by atoms with E-state index in [0.717, 1.165) is 16.8 Å². The molecule has 3 aromatic rings. The van der Waals surface area contributed by atoms with Gasteiger partial charge in [-0.1, -0.05) is 53.0 Å². The van der Waals surface area contributed by atoms with Crippen LogP contribution >= 0.6 is 34.8 Å². The average molecular weight is 370 g/mol. The first-order valence-corrected chi connectivity index (χ1v) is 7.78. The van der Waals surface area contributed by atoms with E-state index < -0.39 is 9.70 Å². The van der Waals surface area contributed by atoms with E-state index in [2.05, 4.69) is 15.4 Å². The number of aryl methyl sites for hydroxylation is 1. The first-order valence-electron chi connectivity index (χ1n) is 6.65. The number of aromatic nitrogens is 3. The summed E-state index contributed by atoms with van der Waals surface area (Å²) in [7, 11) is 0. The Bertz CT molecular complexity index is 872. The van der Waals surface area contributed by atoms with Crippen molar-refractivity contribution in [1.29, 1.82) is 0 Å². The van der Waals surface area contributed by atoms with Gasteiger partial charge in [0, 0.05) is 5.39 Å². The van der Waals surface area contributed by atoms with Crippen LogP contribution in [0.1, 0.15) is 5.69 Å². The van der Waals surface area contributed by atoms with Gasteiger partial charge in [0.25, 0.3) is 9.70 Å². The minimum atomic E-state index is -2.03. The maximum Gasteiger partial charge on any atom is 0.276 e. The highest BCUT2D eigenvalue weighted by atomic mass is 35.6. The molecule has 118 valence electrons. The van der Waals surface area contributed by atoms with Crippen molar-refractivity contribution >= 4 is 57.4 Å². The van der Waals surface area contributed by atoms with E-state index in [9.17, 15) is 4.79 Å². The van der Waals surface area contributed by atoms with E-state index in [1.807, 2.05) is 37.3 Å². The van der Waals surface area contributed by atoms with Crippen LogP contribution in [0.15, 0.2) is 42.6 Å². The van der Waals surface area contributed by atoms with E-state index in [-0.39, 0.29) is 0 Å². The zero-order valence-corrected chi connectivity index (χ0v) is 14.2. The summed E-state index contributed by atoms with van der Waals surface area (Å²) in [5, 5.41) is 7.81. The third-order valence-electron chi connectivity index (χ3n) is 3.22. The summed E-state index contributed by atoms with van der Waals surface area (Å²) in [6.45, 7) is 1.87. The Balaban J connectivity index is 2.02. The van der Waals surface area contributed by atoms with Gasteiger partial charge in [0.2, 0.25) is 0 Å². The van der Waals surface area contributed by atoms with E-state index >= 15 is 0 Å². The van der Waals surface area contributed by atoms with Gasteiger partial charge in [-0.05, 0) is 25.1 Å². The molecule has 0 saturated heterocycles. The summed E-state index contributed by atoms with van der Waals surface area (Å²) in [5.74, 6) is -0.739. The van der Waals surface area contributed by atoms with Gasteiger partial charge in [-0.3, -0.25) is 4.79 Å². The van der Waals surface area contributed by atoms with E-state index in [0.29, 0.717) is 11.3 Å². The number of amides is 1. The van der Waals surface area contributed by atoms with Gasteiger partial charge in [0.05, 0.1) is 23.3 Å². The Morgan fingerprint density at radius 1 is 1.22 bits per heavy atom. The minimum Gasteiger partial charge on any atom is -0.321 e. The predicted molar refractivity (Wildman–Crippen MR) is 92.5 cm³/mol. The molecule has 5 nitrogen and oxygen atoms in total. The summed E-state index contributed by atoms with van der Waals surface area (Å²) in [6, 6.07) is 11.4. The molecule has 3 rings (SSSR count). The molecule has 0 aliphatic rings. The smallest absolute Gasteiger partial charge is 0.276 e. The number of fused-ring (bicyclic) bond motifs is 1. The lowest BCUT2D eigenvalue weighted by molar-refractivity contribution is -0.115. The summed E-state index contributed by atoms with van der Waals surface area (Å²) in [5.41, 5.74) is 2.79. The van der Waals surface area contributed by atoms with E-state index in [1.54, 1.807) is 10.7 Å². The number of nitrogens with zero attached hydrogens (tertiary/aromatic N) is 3. The minimum absolute atomic E-state index is 0.435. The number of pyridine rings is 1. The molecule has 0 fully saturated rings. The lowest BCUT2D eigenvalue weighted by atomic mass is 10.2. The number of nitrogens with one attached hydrogen (secondary N) is 1. The highest BCUT2D eigenvalue weighted by Crippen LogP contribution is 2.28. The van der Waals surface area contributed by atoms with Crippen molar-refractivity contribution in [3.8, 4) is 5.69 Å². The van der Waals surface area contributed by atoms with Gasteiger partial charge in [0.1, 0.15) is 0 Å². The average Bonchev–Trinajstić information content (AvgIpc) is 2.84. The summed E-state index contributed by atoms with van der Waals surface area (Å²) in [6.07, 6.45) is 1.50. The van der Waals surface area contributed by atoms with Gasteiger partial charge in [0.15, 0.2) is 5.65 Å². The third kappa shape index (κ3) is 3.27. The van der Waals surface area contributed by atoms with Crippen molar-refractivity contribution in [1.82, 2.24) is 14.8 Å². The highest BCUT2D eigenvalue weighted by Gasteiger charge is 2.30. The zero-order valence-electron chi connectivity index (χ0n) is 11.9. The van der Waals surface area contributed by atoms with Crippen molar-refractivity contribution in [3.05, 3.63) is 48.3 Å². The van der Waals surface area contributed by atoms with Gasteiger partial charge < -0.3 is 5.32 Å². The van der Waals surface area contributed by atoms with Crippen molar-refractivity contribution < 1.29 is 4.79 Å². The molecule has 0 bridgehead atoms. The van der Waals surface area contributed by atoms with Crippen LogP contribution in [0.5, 0.6) is 0 Å². The Morgan fingerprint density at radius 2 is 1.91 bits per heavy atom. The fraction of sp³-hybridized carbons (Fsp3) is 0.133. The van der Waals surface area contributed by atoms with Crippen LogP contribution in [0, 0.1) is 6.92 Å². The van der Waals surface area contributed by atoms with Gasteiger partial charge in [-0.15, -0.1) is 0 Å². The first kappa shape index (κ1) is 16.1. The molecule has 23 heavy (non-hydrogen) atoms. The van der Waals surface area contributed by atoms with Crippen LogP contribution < -0.4 is 5.32 Å². The van der Waals surface area contributed by atoms with Crippen molar-refractivity contribution in [2.24, 2.45) is 0 Å². The number of carbonyl (C=O) groups excluding carboxylic acids is 1. The van der Waals surface area contributed by atoms with Gasteiger partial charge in [-0.2, -0.15) is 5.10 Å². The Morgan fingerprint density at radius 3 is 2.57 bits per heavy atom. The molecule has 0 spiro atoms. The number of benzene rings is 1. The Labute approximate surface area is 147 Å². The van der Waals surface area contributed by atoms with Crippen LogP contribution in [0.4, 0.5) is 5.69 Å². The molecular weight excluding hydrogens is 359 g/mol. The summed E-state index contributed by atoms with van der Waals surface area (Å²) >= 11 is 16.6. The molecule has 8 heteroatoms. The Hall–Kier alpha value is -1.82. The van der Waals surface area contributed by atoms with Crippen LogP contribution in [-0.4, -0.2) is 24.5 Å². The molecular formula is C15H11Cl3N4O. The second-order valence-electron chi connectivity index (χ2n) is 4.88. The monoisotopic (exact) mass is 368 g/mol. The van der Waals surface area contributed by atoms with Crippen LogP contribution in [-0.2, 0) is 4.79 Å². The summed E-state index contributed by atoms with van der Waals surface area (Å²) < 4.78 is -0.288. The molecule has 0 aliphatic carbocycles. The van der Waals surface area contributed by atoms with Crippen molar-refractivity contribution in [2.45, 2.75) is 10.7 Å². The second kappa shape index (κ2) is 6.00. The topological polar surface area (TPSA) is 59.8 Å².